The van der Waals surface area contributed by atoms with Crippen LogP contribution in [0, 0.1) is 6.92 Å². The van der Waals surface area contributed by atoms with Gasteiger partial charge in [0, 0.05) is 12.1 Å². The molecule has 0 radical (unpaired) electrons. The smallest absolute Gasteiger partial charge is 0.132 e. The summed E-state index contributed by atoms with van der Waals surface area (Å²) < 4.78 is 0. The predicted octanol–water partition coefficient (Wildman–Crippen LogP) is 2.73. The van der Waals surface area contributed by atoms with Gasteiger partial charge in [0.25, 0.3) is 0 Å². The van der Waals surface area contributed by atoms with Crippen molar-refractivity contribution in [1.82, 2.24) is 4.98 Å². The van der Waals surface area contributed by atoms with Crippen LogP contribution in [0.2, 0.25) is 5.15 Å². The lowest BCUT2D eigenvalue weighted by molar-refractivity contribution is 0.409. The average Bonchev–Trinajstić information content (AvgIpc) is 2.24. The zero-order chi connectivity index (χ0) is 11.5. The Kier molecular flexibility index (Phi) is 3.66. The van der Waals surface area contributed by atoms with E-state index in [1.165, 1.54) is 12.8 Å². The first-order valence-corrected chi connectivity index (χ1v) is 6.17. The summed E-state index contributed by atoms with van der Waals surface area (Å²) in [6.45, 7) is 1.97. The lowest BCUT2D eigenvalue weighted by atomic mass is 9.91. The summed E-state index contributed by atoms with van der Waals surface area (Å²) in [4.78, 5) is 4.13. The molecule has 0 aromatic carbocycles. The number of hydrogen-bond acceptors (Lipinski definition) is 3. The predicted molar refractivity (Wildman–Crippen MR) is 67.8 cm³/mol. The quantitative estimate of drug-likeness (QED) is 0.781. The van der Waals surface area contributed by atoms with E-state index in [-0.39, 0.29) is 0 Å². The third kappa shape index (κ3) is 2.86. The third-order valence-corrected chi connectivity index (χ3v) is 3.50. The zero-order valence-electron chi connectivity index (χ0n) is 9.54. The van der Waals surface area contributed by atoms with Crippen LogP contribution in [0.5, 0.6) is 0 Å². The number of pyridine rings is 1. The summed E-state index contributed by atoms with van der Waals surface area (Å²) >= 11 is 5.89. The maximum Gasteiger partial charge on any atom is 0.132 e. The molecule has 88 valence electrons. The maximum absolute atomic E-state index is 5.96. The summed E-state index contributed by atoms with van der Waals surface area (Å²) in [5.41, 5.74) is 8.00. The first-order chi connectivity index (χ1) is 7.65. The highest BCUT2D eigenvalue weighted by Gasteiger charge is 2.18. The number of aromatic nitrogens is 1. The second-order valence-electron chi connectivity index (χ2n) is 4.60. The Morgan fingerprint density at radius 2 is 2.31 bits per heavy atom. The molecule has 2 atom stereocenters. The van der Waals surface area contributed by atoms with E-state index in [1.807, 2.05) is 13.0 Å². The fourth-order valence-corrected chi connectivity index (χ4v) is 2.33. The molecule has 16 heavy (non-hydrogen) atoms. The van der Waals surface area contributed by atoms with E-state index in [9.17, 15) is 0 Å². The molecular weight excluding hydrogens is 222 g/mol. The van der Waals surface area contributed by atoms with Gasteiger partial charge in [0.2, 0.25) is 0 Å². The van der Waals surface area contributed by atoms with E-state index in [1.54, 1.807) is 6.20 Å². The van der Waals surface area contributed by atoms with Gasteiger partial charge >= 0.3 is 0 Å². The molecule has 3 nitrogen and oxygen atoms in total. The van der Waals surface area contributed by atoms with Crippen LogP contribution < -0.4 is 11.1 Å². The topological polar surface area (TPSA) is 50.9 Å². The summed E-state index contributed by atoms with van der Waals surface area (Å²) in [6, 6.07) is 2.86. The normalized spacial score (nSPS) is 25.4. The number of anilines is 1. The molecule has 2 unspecified atom stereocenters. The van der Waals surface area contributed by atoms with Gasteiger partial charge in [-0.25, -0.2) is 4.98 Å². The fourth-order valence-electron chi connectivity index (χ4n) is 2.23. The van der Waals surface area contributed by atoms with Crippen molar-refractivity contribution in [3.05, 3.63) is 23.0 Å². The minimum Gasteiger partial charge on any atom is -0.381 e. The van der Waals surface area contributed by atoms with Crippen LogP contribution in [0.3, 0.4) is 0 Å². The van der Waals surface area contributed by atoms with Gasteiger partial charge in [-0.1, -0.05) is 11.6 Å². The van der Waals surface area contributed by atoms with Gasteiger partial charge in [0.1, 0.15) is 5.15 Å². The summed E-state index contributed by atoms with van der Waals surface area (Å²) in [6.07, 6.45) is 6.38. The Morgan fingerprint density at radius 3 is 3.00 bits per heavy atom. The van der Waals surface area contributed by atoms with E-state index < -0.39 is 0 Å². The van der Waals surface area contributed by atoms with Gasteiger partial charge < -0.3 is 11.1 Å². The van der Waals surface area contributed by atoms with Crippen LogP contribution in [-0.2, 0) is 0 Å². The van der Waals surface area contributed by atoms with Crippen molar-refractivity contribution in [3.8, 4) is 0 Å². The Labute approximate surface area is 101 Å². The van der Waals surface area contributed by atoms with E-state index in [0.29, 0.717) is 17.2 Å². The van der Waals surface area contributed by atoms with E-state index in [4.69, 9.17) is 17.3 Å². The van der Waals surface area contributed by atoms with E-state index in [2.05, 4.69) is 10.3 Å². The molecule has 1 saturated carbocycles. The van der Waals surface area contributed by atoms with Gasteiger partial charge in [0.15, 0.2) is 0 Å². The molecule has 0 amide bonds. The molecule has 0 spiro atoms. The number of rotatable bonds is 2. The maximum atomic E-state index is 5.96. The van der Waals surface area contributed by atoms with Gasteiger partial charge in [-0.15, -0.1) is 0 Å². The molecule has 4 heteroatoms. The van der Waals surface area contributed by atoms with Crippen molar-refractivity contribution in [1.29, 1.82) is 0 Å². The van der Waals surface area contributed by atoms with Crippen LogP contribution in [0.15, 0.2) is 12.3 Å². The highest BCUT2D eigenvalue weighted by molar-refractivity contribution is 6.30. The number of nitrogens with zero attached hydrogens (tertiary/aromatic N) is 1. The lowest BCUT2D eigenvalue weighted by Gasteiger charge is -2.28. The average molecular weight is 240 g/mol. The number of hydrogen-bond donors (Lipinski definition) is 2. The molecule has 1 aromatic heterocycles. The molecule has 1 aliphatic rings. The van der Waals surface area contributed by atoms with Crippen LogP contribution in [0.4, 0.5) is 5.69 Å². The van der Waals surface area contributed by atoms with Gasteiger partial charge in [-0.3, -0.25) is 0 Å². The van der Waals surface area contributed by atoms with Gasteiger partial charge in [-0.05, 0) is 44.2 Å². The highest BCUT2D eigenvalue weighted by Crippen LogP contribution is 2.22. The molecule has 1 aromatic rings. The van der Waals surface area contributed by atoms with Crippen molar-refractivity contribution >= 4 is 17.3 Å². The molecule has 1 fully saturated rings. The fraction of sp³-hybridized carbons (Fsp3) is 0.583. The highest BCUT2D eigenvalue weighted by atomic mass is 35.5. The van der Waals surface area contributed by atoms with Crippen LogP contribution in [-0.4, -0.2) is 17.1 Å². The third-order valence-electron chi connectivity index (χ3n) is 3.10. The molecule has 0 aliphatic heterocycles. The lowest BCUT2D eigenvalue weighted by Crippen LogP contribution is -2.34. The summed E-state index contributed by atoms with van der Waals surface area (Å²) in [5.74, 6) is 0. The Balaban J connectivity index is 2.00. The van der Waals surface area contributed by atoms with Crippen LogP contribution in [0.25, 0.3) is 0 Å². The Morgan fingerprint density at radius 1 is 1.50 bits per heavy atom. The van der Waals surface area contributed by atoms with Crippen molar-refractivity contribution in [2.75, 3.05) is 5.32 Å². The Hall–Kier alpha value is -0.800. The van der Waals surface area contributed by atoms with Crippen molar-refractivity contribution in [2.24, 2.45) is 5.73 Å². The minimum absolute atomic E-state index is 0.340. The largest absolute Gasteiger partial charge is 0.381 e. The number of nitrogens with one attached hydrogen (secondary N) is 1. The molecule has 0 bridgehead atoms. The van der Waals surface area contributed by atoms with Crippen LogP contribution >= 0.6 is 11.6 Å². The van der Waals surface area contributed by atoms with Gasteiger partial charge in [-0.2, -0.15) is 0 Å². The first-order valence-electron chi connectivity index (χ1n) is 5.79. The van der Waals surface area contributed by atoms with E-state index in [0.717, 1.165) is 24.1 Å². The van der Waals surface area contributed by atoms with Crippen molar-refractivity contribution < 1.29 is 0 Å². The minimum atomic E-state index is 0.340. The van der Waals surface area contributed by atoms with Gasteiger partial charge in [0.05, 0.1) is 11.9 Å². The monoisotopic (exact) mass is 239 g/mol. The summed E-state index contributed by atoms with van der Waals surface area (Å²) in [5, 5.41) is 4.05. The zero-order valence-corrected chi connectivity index (χ0v) is 10.3. The number of aryl methyl sites for hydroxylation is 1. The van der Waals surface area contributed by atoms with Crippen molar-refractivity contribution in [2.45, 2.75) is 44.7 Å². The molecule has 3 N–H and O–H groups in total. The standard InChI is InChI=1S/C12H18ClN3/c1-8-5-11(7-15-12(8)13)16-10-4-2-3-9(14)6-10/h5,7,9-10,16H,2-4,6,14H2,1H3. The second kappa shape index (κ2) is 5.02. The first kappa shape index (κ1) is 11.7. The molecule has 1 heterocycles. The number of nitrogens with two attached hydrogens (primary N) is 1. The SMILES string of the molecule is Cc1cc(NC2CCCC(N)C2)cnc1Cl. The number of halogens is 1. The van der Waals surface area contributed by atoms with Crippen molar-refractivity contribution in [3.63, 3.8) is 0 Å². The van der Waals surface area contributed by atoms with E-state index >= 15 is 0 Å². The Bertz CT molecular complexity index is 367. The summed E-state index contributed by atoms with van der Waals surface area (Å²) in [7, 11) is 0. The molecule has 1 aliphatic carbocycles. The second-order valence-corrected chi connectivity index (χ2v) is 4.96. The molecule has 0 saturated heterocycles. The molecular formula is C12H18ClN3. The van der Waals surface area contributed by atoms with Crippen LogP contribution in [0.1, 0.15) is 31.2 Å². The molecule has 2 rings (SSSR count).